The summed E-state index contributed by atoms with van der Waals surface area (Å²) in [4.78, 5) is 37.7. The summed E-state index contributed by atoms with van der Waals surface area (Å²) in [6.07, 6.45) is -5.93. The molecule has 0 aliphatic rings. The van der Waals surface area contributed by atoms with Gasteiger partial charge in [0.1, 0.15) is 12.1 Å². The fourth-order valence-electron chi connectivity index (χ4n) is 1.44. The van der Waals surface area contributed by atoms with E-state index in [1.54, 1.807) is 0 Å². The molecule has 0 rings (SSSR count). The number of halogens is 3. The average Bonchev–Trinajstić information content (AvgIpc) is 2.48. The molecule has 0 bridgehead atoms. The Kier molecular flexibility index (Phi) is 8.44. The third-order valence-electron chi connectivity index (χ3n) is 3.24. The number of amides is 1. The quantitative estimate of drug-likeness (QED) is 0.283. The largest absolute Gasteiger partial charge is 0.448 e. The Morgan fingerprint density at radius 1 is 1.28 bits per heavy atom. The molecule has 0 fully saturated rings. The van der Waals surface area contributed by atoms with E-state index >= 15 is 0 Å². The minimum absolute atomic E-state index is 0.347. The van der Waals surface area contributed by atoms with Crippen molar-refractivity contribution >= 4 is 23.9 Å². The highest BCUT2D eigenvalue weighted by Crippen LogP contribution is 2.33. The van der Waals surface area contributed by atoms with Crippen molar-refractivity contribution in [3.05, 3.63) is 5.53 Å². The minimum atomic E-state index is -4.82. The van der Waals surface area contributed by atoms with Crippen molar-refractivity contribution in [2.75, 3.05) is 7.11 Å². The predicted octanol–water partition coefficient (Wildman–Crippen LogP) is 1.04. The standard InChI is InChI=1S/C14H20F3N3O5/c1-8(24-4)11(22)20-10(6-5-9(21)7-19-18)12(23)25-13(2,3)14(15,16)17/h7-8,10H,5-6H2,1-4H3,(H,20,22)/t8-,10+/m1/s1. The van der Waals surface area contributed by atoms with E-state index in [-0.39, 0.29) is 12.8 Å². The van der Waals surface area contributed by atoms with E-state index in [4.69, 9.17) is 10.3 Å². The molecule has 0 saturated heterocycles. The number of Topliss-reactive ketones (excluding diaryl/α,β-unsaturated/α-hetero) is 1. The van der Waals surface area contributed by atoms with E-state index in [9.17, 15) is 27.6 Å². The third-order valence-corrected chi connectivity index (χ3v) is 3.24. The van der Waals surface area contributed by atoms with Crippen LogP contribution in [0.4, 0.5) is 13.2 Å². The number of hydrogen-bond acceptors (Lipinski definition) is 5. The topological polar surface area (TPSA) is 118 Å². The van der Waals surface area contributed by atoms with Crippen molar-refractivity contribution < 1.29 is 41.8 Å². The number of rotatable bonds is 9. The summed E-state index contributed by atoms with van der Waals surface area (Å²) < 4.78 is 47.7. The number of hydrogen-bond donors (Lipinski definition) is 1. The van der Waals surface area contributed by atoms with E-state index in [0.29, 0.717) is 20.1 Å². The summed E-state index contributed by atoms with van der Waals surface area (Å²) in [5, 5.41) is 2.17. The maximum Gasteiger partial charge on any atom is 0.427 e. The number of alkyl halides is 3. The highest BCUT2D eigenvalue weighted by atomic mass is 19.4. The molecule has 0 aliphatic heterocycles. The van der Waals surface area contributed by atoms with Gasteiger partial charge in [-0.05, 0) is 27.2 Å². The third kappa shape index (κ3) is 7.44. The summed E-state index contributed by atoms with van der Waals surface area (Å²) >= 11 is 0. The van der Waals surface area contributed by atoms with Gasteiger partial charge in [-0.1, -0.05) is 0 Å². The van der Waals surface area contributed by atoms with Crippen LogP contribution in [0.3, 0.4) is 0 Å². The molecule has 0 aromatic heterocycles. The minimum Gasteiger partial charge on any atom is -0.448 e. The van der Waals surface area contributed by atoms with Gasteiger partial charge in [-0.3, -0.25) is 9.59 Å². The fourth-order valence-corrected chi connectivity index (χ4v) is 1.44. The van der Waals surface area contributed by atoms with E-state index in [0.717, 1.165) is 0 Å². The summed E-state index contributed by atoms with van der Waals surface area (Å²) in [5.41, 5.74) is 5.47. The lowest BCUT2D eigenvalue weighted by Crippen LogP contribution is -2.51. The SMILES string of the molecule is CO[C@H](C)C(=O)N[C@@H](CCC(=O)C=[N+]=[N-])C(=O)OC(C)(C)C(F)(F)F. The summed E-state index contributed by atoms with van der Waals surface area (Å²) in [6, 6.07) is -1.51. The van der Waals surface area contributed by atoms with Crippen molar-refractivity contribution in [1.82, 2.24) is 5.32 Å². The lowest BCUT2D eigenvalue weighted by Gasteiger charge is -2.30. The first kappa shape index (κ1) is 22.7. The fraction of sp³-hybridized carbons (Fsp3) is 0.714. The summed E-state index contributed by atoms with van der Waals surface area (Å²) in [6.45, 7) is 2.68. The van der Waals surface area contributed by atoms with Crippen LogP contribution in [0.2, 0.25) is 0 Å². The van der Waals surface area contributed by atoms with E-state index in [2.05, 4.69) is 14.8 Å². The van der Waals surface area contributed by atoms with Gasteiger partial charge in [0, 0.05) is 13.5 Å². The summed E-state index contributed by atoms with van der Waals surface area (Å²) in [7, 11) is 1.23. The van der Waals surface area contributed by atoms with Gasteiger partial charge in [-0.2, -0.15) is 18.0 Å². The zero-order valence-corrected chi connectivity index (χ0v) is 14.2. The Hall–Kier alpha value is -2.26. The molecule has 0 aliphatic carbocycles. The first-order chi connectivity index (χ1) is 11.4. The van der Waals surface area contributed by atoms with Gasteiger partial charge in [-0.25, -0.2) is 4.79 Å². The van der Waals surface area contributed by atoms with Crippen molar-refractivity contribution in [3.8, 4) is 0 Å². The highest BCUT2D eigenvalue weighted by molar-refractivity contribution is 6.25. The molecule has 0 spiro atoms. The molecule has 0 aromatic carbocycles. The lowest BCUT2D eigenvalue weighted by molar-refractivity contribution is -0.258. The molecule has 1 amide bonds. The van der Waals surface area contributed by atoms with Crippen molar-refractivity contribution in [2.45, 2.75) is 57.5 Å². The van der Waals surface area contributed by atoms with Gasteiger partial charge in [0.05, 0.1) is 0 Å². The van der Waals surface area contributed by atoms with Crippen LogP contribution in [-0.2, 0) is 23.9 Å². The van der Waals surface area contributed by atoms with Gasteiger partial charge < -0.3 is 20.3 Å². The lowest BCUT2D eigenvalue weighted by atomic mass is 10.1. The second kappa shape index (κ2) is 9.28. The van der Waals surface area contributed by atoms with Gasteiger partial charge >= 0.3 is 18.4 Å². The van der Waals surface area contributed by atoms with Crippen molar-refractivity contribution in [2.24, 2.45) is 0 Å². The van der Waals surface area contributed by atoms with Crippen LogP contribution in [0.1, 0.15) is 33.6 Å². The Morgan fingerprint density at radius 2 is 1.84 bits per heavy atom. The van der Waals surface area contributed by atoms with Crippen LogP contribution in [0.25, 0.3) is 5.53 Å². The smallest absolute Gasteiger partial charge is 0.427 e. The normalized spacial score (nSPS) is 14.0. The molecule has 25 heavy (non-hydrogen) atoms. The molecule has 2 atom stereocenters. The van der Waals surface area contributed by atoms with E-state index in [1.807, 2.05) is 0 Å². The molecule has 11 heteroatoms. The molecule has 1 N–H and O–H groups in total. The molecule has 142 valence electrons. The molecule has 0 radical (unpaired) electrons. The second-order valence-electron chi connectivity index (χ2n) is 5.62. The number of methoxy groups -OCH3 is 1. The first-order valence-electron chi connectivity index (χ1n) is 7.18. The highest BCUT2D eigenvalue weighted by Gasteiger charge is 2.51. The number of carbonyl (C=O) groups excluding carboxylic acids is 3. The number of ketones is 1. The maximum absolute atomic E-state index is 12.8. The zero-order chi connectivity index (χ0) is 19.8. The molecular weight excluding hydrogens is 347 g/mol. The monoisotopic (exact) mass is 367 g/mol. The van der Waals surface area contributed by atoms with Crippen LogP contribution < -0.4 is 5.32 Å². The Morgan fingerprint density at radius 3 is 2.28 bits per heavy atom. The van der Waals surface area contributed by atoms with Crippen LogP contribution in [0.15, 0.2) is 0 Å². The molecule has 0 aromatic rings. The molecule has 0 heterocycles. The van der Waals surface area contributed by atoms with Crippen molar-refractivity contribution in [1.29, 1.82) is 0 Å². The first-order valence-corrected chi connectivity index (χ1v) is 7.18. The number of carbonyl (C=O) groups is 3. The summed E-state index contributed by atoms with van der Waals surface area (Å²) in [5.74, 6) is -2.81. The number of nitrogens with zero attached hydrogens (tertiary/aromatic N) is 2. The molecule has 0 saturated carbocycles. The van der Waals surface area contributed by atoms with Crippen LogP contribution in [-0.4, -0.2) is 59.7 Å². The van der Waals surface area contributed by atoms with Crippen LogP contribution in [0.5, 0.6) is 0 Å². The van der Waals surface area contributed by atoms with Gasteiger partial charge in [0.2, 0.25) is 17.3 Å². The van der Waals surface area contributed by atoms with E-state index in [1.165, 1.54) is 14.0 Å². The van der Waals surface area contributed by atoms with Gasteiger partial charge in [0.15, 0.2) is 0 Å². The van der Waals surface area contributed by atoms with Crippen LogP contribution >= 0.6 is 0 Å². The van der Waals surface area contributed by atoms with Crippen LogP contribution in [0, 0.1) is 0 Å². The number of nitrogens with one attached hydrogen (secondary N) is 1. The molecule has 8 nitrogen and oxygen atoms in total. The number of esters is 1. The number of ether oxygens (including phenoxy) is 2. The zero-order valence-electron chi connectivity index (χ0n) is 14.2. The Bertz CT molecular complexity index is 556. The van der Waals surface area contributed by atoms with Crippen molar-refractivity contribution in [3.63, 3.8) is 0 Å². The predicted molar refractivity (Wildman–Crippen MR) is 78.6 cm³/mol. The Labute approximate surface area is 142 Å². The van der Waals surface area contributed by atoms with E-state index < -0.39 is 41.6 Å². The molecule has 0 unspecified atom stereocenters. The van der Waals surface area contributed by atoms with Gasteiger partial charge in [0.25, 0.3) is 0 Å². The average molecular weight is 367 g/mol. The molecular formula is C14H20F3N3O5. The van der Waals surface area contributed by atoms with Gasteiger partial charge in [-0.15, -0.1) is 0 Å². The Balaban J connectivity index is 5.21. The maximum atomic E-state index is 12.8. The second-order valence-corrected chi connectivity index (χ2v) is 5.62.